The molecule has 0 aliphatic carbocycles. The van der Waals surface area contributed by atoms with Crippen molar-refractivity contribution in [2.45, 2.75) is 277 Å². The van der Waals surface area contributed by atoms with Gasteiger partial charge in [-0.15, -0.1) is 0 Å². The van der Waals surface area contributed by atoms with Crippen molar-refractivity contribution in [1.29, 1.82) is 0 Å². The molecule has 0 heterocycles. The van der Waals surface area contributed by atoms with E-state index in [9.17, 15) is 19.0 Å². The Hall–Kier alpha value is -2.29. The molecule has 1 N–H and O–H groups in total. The molecule has 0 rings (SSSR count). The first kappa shape index (κ1) is 69.7. The maximum Gasteiger partial charge on any atom is 0.472 e. The molecule has 0 aliphatic rings. The smallest absolute Gasteiger partial charge is 0.462 e. The number of hydrogen-bond acceptors (Lipinski definition) is 7. The highest BCUT2D eigenvalue weighted by Gasteiger charge is 2.27. The second kappa shape index (κ2) is 53.5. The van der Waals surface area contributed by atoms with E-state index in [1.165, 1.54) is 180 Å². The molecular formula is C62H115NO8P+. The van der Waals surface area contributed by atoms with Crippen molar-refractivity contribution in [2.24, 2.45) is 0 Å². The van der Waals surface area contributed by atoms with Gasteiger partial charge in [0.15, 0.2) is 6.10 Å². The van der Waals surface area contributed by atoms with E-state index >= 15 is 0 Å². The summed E-state index contributed by atoms with van der Waals surface area (Å²) in [5, 5.41) is 0. The van der Waals surface area contributed by atoms with Crippen LogP contribution >= 0.6 is 7.82 Å². The zero-order valence-electron chi connectivity index (χ0n) is 47.7. The largest absolute Gasteiger partial charge is 0.472 e. The number of carbonyl (C=O) groups is 2. The van der Waals surface area contributed by atoms with Crippen LogP contribution in [0.4, 0.5) is 0 Å². The SMILES string of the molecule is CC/C=C\C/C=C\C/C=C\C/C=C\CCCCCCCCCCCCCCCCCCC(=O)OC(COC(=O)CCCCCCCCCCC/C=C\CCCCCCCC)COP(=O)(O)OCC[N+](C)(C)C. The topological polar surface area (TPSA) is 108 Å². The van der Waals surface area contributed by atoms with E-state index in [0.717, 1.165) is 57.8 Å². The molecule has 0 aromatic heterocycles. The quantitative estimate of drug-likeness (QED) is 0.0211. The van der Waals surface area contributed by atoms with Crippen molar-refractivity contribution in [3.05, 3.63) is 60.8 Å². The normalized spacial score (nSPS) is 13.7. The molecule has 0 saturated heterocycles. The standard InChI is InChI=1S/C62H114NO8P/c1-6-8-10-12-14-16-18-20-22-24-26-27-28-29-30-31-32-33-34-35-37-39-41-43-45-47-49-51-53-55-62(65)71-60(59-70-72(66,67)69-57-56-63(3,4)5)58-68-61(64)54-52-50-48-46-44-42-40-38-36-25-23-21-19-17-15-13-11-9-7-2/h8,10,14,16,20-23,26-27,60H,6-7,9,11-13,15,17-19,24-25,28-59H2,1-5H3/p+1/b10-8-,16-14-,22-20-,23-21-,27-26-. The molecule has 0 aliphatic heterocycles. The van der Waals surface area contributed by atoms with Crippen LogP contribution < -0.4 is 0 Å². The first-order valence-electron chi connectivity index (χ1n) is 30.0. The van der Waals surface area contributed by atoms with Crippen LogP contribution in [0.15, 0.2) is 60.8 Å². The summed E-state index contributed by atoms with van der Waals surface area (Å²) in [6.07, 6.45) is 68.6. The lowest BCUT2D eigenvalue weighted by Gasteiger charge is -2.24. The van der Waals surface area contributed by atoms with Gasteiger partial charge in [-0.05, 0) is 77.0 Å². The van der Waals surface area contributed by atoms with Gasteiger partial charge >= 0.3 is 19.8 Å². The van der Waals surface area contributed by atoms with Gasteiger partial charge in [-0.2, -0.15) is 0 Å². The molecule has 0 bridgehead atoms. The summed E-state index contributed by atoms with van der Waals surface area (Å²) < 4.78 is 34.6. The van der Waals surface area contributed by atoms with Gasteiger partial charge in [-0.25, -0.2) is 4.57 Å². The lowest BCUT2D eigenvalue weighted by molar-refractivity contribution is -0.870. The number of phosphoric ester groups is 1. The lowest BCUT2D eigenvalue weighted by atomic mass is 10.0. The minimum absolute atomic E-state index is 0.0313. The molecule has 10 heteroatoms. The van der Waals surface area contributed by atoms with Crippen molar-refractivity contribution in [3.8, 4) is 0 Å². The van der Waals surface area contributed by atoms with Crippen LogP contribution in [0, 0.1) is 0 Å². The molecular weight excluding hydrogens is 918 g/mol. The van der Waals surface area contributed by atoms with Crippen molar-refractivity contribution in [1.82, 2.24) is 0 Å². The molecule has 0 amide bonds. The van der Waals surface area contributed by atoms with Gasteiger partial charge in [-0.3, -0.25) is 18.6 Å². The number of phosphoric acid groups is 1. The Morgan fingerprint density at radius 1 is 0.444 bits per heavy atom. The van der Waals surface area contributed by atoms with Gasteiger partial charge in [0.2, 0.25) is 0 Å². The highest BCUT2D eigenvalue weighted by atomic mass is 31.2. The van der Waals surface area contributed by atoms with E-state index in [2.05, 4.69) is 74.6 Å². The number of nitrogens with zero attached hydrogens (tertiary/aromatic N) is 1. The maximum atomic E-state index is 12.8. The van der Waals surface area contributed by atoms with E-state index in [4.69, 9.17) is 18.5 Å². The predicted octanol–water partition coefficient (Wildman–Crippen LogP) is 18.7. The fourth-order valence-corrected chi connectivity index (χ4v) is 9.16. The molecule has 0 spiro atoms. The molecule has 0 fully saturated rings. The fraction of sp³-hybridized carbons (Fsp3) is 0.806. The van der Waals surface area contributed by atoms with Crippen molar-refractivity contribution < 1.29 is 42.1 Å². The van der Waals surface area contributed by atoms with Crippen molar-refractivity contribution >= 4 is 19.8 Å². The van der Waals surface area contributed by atoms with Crippen LogP contribution in [-0.2, 0) is 32.7 Å². The number of ether oxygens (including phenoxy) is 2. The summed E-state index contributed by atoms with van der Waals surface area (Å²) in [5.41, 5.74) is 0. The monoisotopic (exact) mass is 1030 g/mol. The number of quaternary nitrogens is 1. The maximum absolute atomic E-state index is 12.8. The van der Waals surface area contributed by atoms with Crippen molar-refractivity contribution in [2.75, 3.05) is 47.5 Å². The van der Waals surface area contributed by atoms with E-state index in [1.54, 1.807) is 0 Å². The molecule has 72 heavy (non-hydrogen) atoms. The summed E-state index contributed by atoms with van der Waals surface area (Å²) in [5.74, 6) is -0.791. The molecule has 0 aromatic rings. The van der Waals surface area contributed by atoms with Crippen molar-refractivity contribution in [3.63, 3.8) is 0 Å². The Kier molecular flexibility index (Phi) is 51.8. The minimum atomic E-state index is -4.39. The van der Waals surface area contributed by atoms with Gasteiger partial charge in [0.1, 0.15) is 19.8 Å². The molecule has 0 saturated carbocycles. The summed E-state index contributed by atoms with van der Waals surface area (Å²) in [6, 6.07) is 0. The average molecular weight is 1030 g/mol. The number of rotatable bonds is 55. The summed E-state index contributed by atoms with van der Waals surface area (Å²) >= 11 is 0. The Bertz CT molecular complexity index is 1400. The number of hydrogen-bond donors (Lipinski definition) is 1. The van der Waals surface area contributed by atoms with Gasteiger partial charge in [0.25, 0.3) is 0 Å². The Labute approximate surface area is 445 Å². The third-order valence-corrected chi connectivity index (χ3v) is 14.0. The molecule has 2 atom stereocenters. The van der Waals surface area contributed by atoms with Crippen LogP contribution in [0.25, 0.3) is 0 Å². The number of esters is 2. The first-order valence-corrected chi connectivity index (χ1v) is 31.5. The summed E-state index contributed by atoms with van der Waals surface area (Å²) in [6.45, 7) is 4.35. The molecule has 9 nitrogen and oxygen atoms in total. The summed E-state index contributed by atoms with van der Waals surface area (Å²) in [7, 11) is 1.48. The minimum Gasteiger partial charge on any atom is -0.462 e. The highest BCUT2D eigenvalue weighted by Crippen LogP contribution is 2.43. The zero-order valence-corrected chi connectivity index (χ0v) is 48.6. The number of likely N-dealkylation sites (N-methyl/N-ethyl adjacent to an activating group) is 1. The van der Waals surface area contributed by atoms with Crippen LogP contribution in [0.5, 0.6) is 0 Å². The molecule has 0 radical (unpaired) electrons. The van der Waals surface area contributed by atoms with Crippen LogP contribution in [-0.4, -0.2) is 74.9 Å². The molecule has 2 unspecified atom stereocenters. The van der Waals surface area contributed by atoms with Gasteiger partial charge in [-0.1, -0.05) is 242 Å². The van der Waals surface area contributed by atoms with Crippen LogP contribution in [0.2, 0.25) is 0 Å². The summed E-state index contributed by atoms with van der Waals surface area (Å²) in [4.78, 5) is 35.7. The highest BCUT2D eigenvalue weighted by molar-refractivity contribution is 7.47. The Morgan fingerprint density at radius 2 is 0.792 bits per heavy atom. The van der Waals surface area contributed by atoms with Gasteiger partial charge in [0.05, 0.1) is 27.7 Å². The Morgan fingerprint density at radius 3 is 1.19 bits per heavy atom. The zero-order chi connectivity index (χ0) is 52.7. The molecule has 420 valence electrons. The van der Waals surface area contributed by atoms with E-state index in [-0.39, 0.29) is 32.0 Å². The third-order valence-electron chi connectivity index (χ3n) is 13.0. The number of allylic oxidation sites excluding steroid dienone is 10. The fourth-order valence-electron chi connectivity index (χ4n) is 8.41. The Balaban J connectivity index is 4.10. The predicted molar refractivity (Wildman–Crippen MR) is 307 cm³/mol. The van der Waals surface area contributed by atoms with E-state index < -0.39 is 26.5 Å². The first-order chi connectivity index (χ1) is 35.0. The second-order valence-electron chi connectivity index (χ2n) is 21.4. The lowest BCUT2D eigenvalue weighted by Crippen LogP contribution is -2.37. The third kappa shape index (κ3) is 57.0. The van der Waals surface area contributed by atoms with Crippen LogP contribution in [0.1, 0.15) is 271 Å². The van der Waals surface area contributed by atoms with Gasteiger partial charge in [0, 0.05) is 12.8 Å². The number of carbonyl (C=O) groups excluding carboxylic acids is 2. The van der Waals surface area contributed by atoms with E-state index in [1.807, 2.05) is 21.1 Å². The second-order valence-corrected chi connectivity index (χ2v) is 22.8. The van der Waals surface area contributed by atoms with E-state index in [0.29, 0.717) is 17.4 Å². The molecule has 0 aromatic carbocycles. The van der Waals surface area contributed by atoms with Gasteiger partial charge < -0.3 is 18.9 Å². The average Bonchev–Trinajstić information content (AvgIpc) is 3.34. The number of unbranched alkanes of at least 4 members (excludes halogenated alkanes) is 31. The van der Waals surface area contributed by atoms with Crippen LogP contribution in [0.3, 0.4) is 0 Å².